The molecule has 1 aromatic carbocycles. The standard InChI is InChI=1S/C16H16N2O2S/c1-10(2)11-3-5-12(6-4-11)14-8-18-13(7-15(19)20)9-21-16(18)17-14/h3-6,8-10H,7H2,1-2H3,(H,19,20). The first-order valence-electron chi connectivity index (χ1n) is 6.82. The fourth-order valence-electron chi connectivity index (χ4n) is 2.29. The van der Waals surface area contributed by atoms with E-state index in [2.05, 4.69) is 43.1 Å². The van der Waals surface area contributed by atoms with E-state index >= 15 is 0 Å². The van der Waals surface area contributed by atoms with Crippen molar-refractivity contribution < 1.29 is 9.90 Å². The lowest BCUT2D eigenvalue weighted by atomic mass is 10.0. The Balaban J connectivity index is 1.97. The summed E-state index contributed by atoms with van der Waals surface area (Å²) in [5.41, 5.74) is 3.99. The molecule has 21 heavy (non-hydrogen) atoms. The smallest absolute Gasteiger partial charge is 0.309 e. The van der Waals surface area contributed by atoms with Gasteiger partial charge in [-0.1, -0.05) is 38.1 Å². The highest BCUT2D eigenvalue weighted by atomic mass is 32.1. The molecule has 0 aliphatic heterocycles. The maximum absolute atomic E-state index is 10.9. The molecule has 0 fully saturated rings. The SMILES string of the molecule is CC(C)c1ccc(-c2cn3c(CC(=O)O)csc3n2)cc1. The quantitative estimate of drug-likeness (QED) is 0.797. The normalized spacial score (nSPS) is 11.4. The summed E-state index contributed by atoms with van der Waals surface area (Å²) >= 11 is 1.47. The molecule has 4 nitrogen and oxygen atoms in total. The van der Waals surface area contributed by atoms with Crippen LogP contribution in [0, 0.1) is 0 Å². The van der Waals surface area contributed by atoms with Crippen LogP contribution in [0.25, 0.3) is 16.2 Å². The van der Waals surface area contributed by atoms with Crippen LogP contribution in [-0.4, -0.2) is 20.5 Å². The van der Waals surface area contributed by atoms with Crippen molar-refractivity contribution >= 4 is 22.3 Å². The number of rotatable bonds is 4. The topological polar surface area (TPSA) is 54.6 Å². The van der Waals surface area contributed by atoms with E-state index in [1.807, 2.05) is 16.0 Å². The number of nitrogens with zero attached hydrogens (tertiary/aromatic N) is 2. The van der Waals surface area contributed by atoms with Crippen molar-refractivity contribution in [2.75, 3.05) is 0 Å². The summed E-state index contributed by atoms with van der Waals surface area (Å²) < 4.78 is 1.87. The van der Waals surface area contributed by atoms with Crippen LogP contribution in [0.3, 0.4) is 0 Å². The molecule has 0 radical (unpaired) electrons. The molecule has 1 N–H and O–H groups in total. The second-order valence-corrected chi connectivity index (χ2v) is 6.19. The molecule has 108 valence electrons. The number of benzene rings is 1. The predicted octanol–water partition coefficient (Wildman–Crippen LogP) is 3.81. The zero-order valence-electron chi connectivity index (χ0n) is 11.9. The van der Waals surface area contributed by atoms with Gasteiger partial charge in [0.2, 0.25) is 0 Å². The Kier molecular flexibility index (Phi) is 3.51. The molecule has 0 amide bonds. The molecule has 3 rings (SSSR count). The van der Waals surface area contributed by atoms with Crippen molar-refractivity contribution in [3.63, 3.8) is 0 Å². The minimum atomic E-state index is -0.828. The van der Waals surface area contributed by atoms with Gasteiger partial charge in [0.15, 0.2) is 4.96 Å². The first kappa shape index (κ1) is 13.8. The largest absolute Gasteiger partial charge is 0.481 e. The number of carboxylic acids is 1. The molecule has 3 aromatic rings. The molecule has 2 heterocycles. The van der Waals surface area contributed by atoms with Crippen LogP contribution in [0.1, 0.15) is 31.0 Å². The number of carboxylic acid groups (broad SMARTS) is 1. The van der Waals surface area contributed by atoms with Crippen LogP contribution in [0.15, 0.2) is 35.8 Å². The maximum Gasteiger partial charge on any atom is 0.309 e. The van der Waals surface area contributed by atoms with E-state index in [9.17, 15) is 4.79 Å². The molecule has 0 bridgehead atoms. The third-order valence-electron chi connectivity index (χ3n) is 3.49. The number of fused-ring (bicyclic) bond motifs is 1. The van der Waals surface area contributed by atoms with E-state index in [1.165, 1.54) is 16.9 Å². The van der Waals surface area contributed by atoms with Gasteiger partial charge in [-0.3, -0.25) is 9.20 Å². The van der Waals surface area contributed by atoms with E-state index in [4.69, 9.17) is 5.11 Å². The van der Waals surface area contributed by atoms with Gasteiger partial charge in [-0.05, 0) is 11.5 Å². The lowest BCUT2D eigenvalue weighted by molar-refractivity contribution is -0.136. The molecule has 5 heteroatoms. The van der Waals surface area contributed by atoms with Crippen LogP contribution in [0.2, 0.25) is 0 Å². The summed E-state index contributed by atoms with van der Waals surface area (Å²) in [6, 6.07) is 8.37. The number of carbonyl (C=O) groups is 1. The van der Waals surface area contributed by atoms with Gasteiger partial charge in [0.25, 0.3) is 0 Å². The first-order chi connectivity index (χ1) is 10.0. The number of thiazole rings is 1. The summed E-state index contributed by atoms with van der Waals surface area (Å²) in [4.78, 5) is 16.3. The zero-order valence-corrected chi connectivity index (χ0v) is 12.7. The van der Waals surface area contributed by atoms with Crippen molar-refractivity contribution in [3.05, 3.63) is 47.1 Å². The highest BCUT2D eigenvalue weighted by Crippen LogP contribution is 2.25. The second-order valence-electron chi connectivity index (χ2n) is 5.35. The monoisotopic (exact) mass is 300 g/mol. The van der Waals surface area contributed by atoms with E-state index in [0.717, 1.165) is 21.9 Å². The zero-order chi connectivity index (χ0) is 15.0. The van der Waals surface area contributed by atoms with Crippen LogP contribution in [-0.2, 0) is 11.2 Å². The fourth-order valence-corrected chi connectivity index (χ4v) is 3.16. The van der Waals surface area contributed by atoms with E-state index in [-0.39, 0.29) is 6.42 Å². The van der Waals surface area contributed by atoms with E-state index < -0.39 is 5.97 Å². The summed E-state index contributed by atoms with van der Waals surface area (Å²) in [6.45, 7) is 4.33. The Bertz CT molecular complexity index is 784. The van der Waals surface area contributed by atoms with Gasteiger partial charge in [0, 0.05) is 22.8 Å². The van der Waals surface area contributed by atoms with Crippen molar-refractivity contribution in [1.29, 1.82) is 0 Å². The maximum atomic E-state index is 10.9. The molecule has 2 aromatic heterocycles. The molecule has 0 aliphatic rings. The van der Waals surface area contributed by atoms with Crippen LogP contribution in [0.5, 0.6) is 0 Å². The Morgan fingerprint density at radius 1 is 1.33 bits per heavy atom. The molecule has 0 spiro atoms. The number of aromatic nitrogens is 2. The van der Waals surface area contributed by atoms with Gasteiger partial charge in [0.05, 0.1) is 12.1 Å². The summed E-state index contributed by atoms with van der Waals surface area (Å²) in [6.07, 6.45) is 1.93. The predicted molar refractivity (Wildman–Crippen MR) is 83.9 cm³/mol. The lowest BCUT2D eigenvalue weighted by Gasteiger charge is -2.05. The second kappa shape index (κ2) is 5.33. The number of imidazole rings is 1. The molecule has 0 atom stereocenters. The minimum Gasteiger partial charge on any atom is -0.481 e. The van der Waals surface area contributed by atoms with Gasteiger partial charge < -0.3 is 5.11 Å². The third kappa shape index (κ3) is 2.69. The van der Waals surface area contributed by atoms with Crippen LogP contribution in [0.4, 0.5) is 0 Å². The minimum absolute atomic E-state index is 0.0160. The lowest BCUT2D eigenvalue weighted by Crippen LogP contribution is -2.02. The fraction of sp³-hybridized carbons (Fsp3) is 0.250. The molecular formula is C16H16N2O2S. The number of hydrogen-bond donors (Lipinski definition) is 1. The van der Waals surface area contributed by atoms with Crippen molar-refractivity contribution in [2.24, 2.45) is 0 Å². The summed E-state index contributed by atoms with van der Waals surface area (Å²) in [5, 5.41) is 10.8. The van der Waals surface area contributed by atoms with Crippen LogP contribution < -0.4 is 0 Å². The highest BCUT2D eigenvalue weighted by Gasteiger charge is 2.12. The Morgan fingerprint density at radius 2 is 2.05 bits per heavy atom. The number of aliphatic carboxylic acids is 1. The van der Waals surface area contributed by atoms with E-state index in [0.29, 0.717) is 5.92 Å². The molecule has 0 unspecified atom stereocenters. The molecular weight excluding hydrogens is 284 g/mol. The van der Waals surface area contributed by atoms with Gasteiger partial charge in [-0.15, -0.1) is 11.3 Å². The van der Waals surface area contributed by atoms with Crippen molar-refractivity contribution in [2.45, 2.75) is 26.2 Å². The van der Waals surface area contributed by atoms with Crippen LogP contribution >= 0.6 is 11.3 Å². The summed E-state index contributed by atoms with van der Waals surface area (Å²) in [7, 11) is 0. The Morgan fingerprint density at radius 3 is 2.67 bits per heavy atom. The van der Waals surface area contributed by atoms with Gasteiger partial charge in [-0.25, -0.2) is 4.98 Å². The molecule has 0 saturated carbocycles. The Labute approximate surface area is 126 Å². The summed E-state index contributed by atoms with van der Waals surface area (Å²) in [5.74, 6) is -0.321. The molecule has 0 saturated heterocycles. The Hall–Kier alpha value is -2.14. The average molecular weight is 300 g/mol. The van der Waals surface area contributed by atoms with Crippen molar-refractivity contribution in [1.82, 2.24) is 9.38 Å². The van der Waals surface area contributed by atoms with Crippen molar-refractivity contribution in [3.8, 4) is 11.3 Å². The van der Waals surface area contributed by atoms with Gasteiger partial charge >= 0.3 is 5.97 Å². The van der Waals surface area contributed by atoms with Gasteiger partial charge in [-0.2, -0.15) is 0 Å². The van der Waals surface area contributed by atoms with Gasteiger partial charge in [0.1, 0.15) is 0 Å². The van der Waals surface area contributed by atoms with E-state index in [1.54, 1.807) is 0 Å². The third-order valence-corrected chi connectivity index (χ3v) is 4.38. The average Bonchev–Trinajstić information content (AvgIpc) is 3.00. The molecule has 0 aliphatic carbocycles. The number of hydrogen-bond acceptors (Lipinski definition) is 3. The highest BCUT2D eigenvalue weighted by molar-refractivity contribution is 7.15. The first-order valence-corrected chi connectivity index (χ1v) is 7.70.